The first kappa shape index (κ1) is 6.60. The molecule has 0 aromatic carbocycles. The van der Waals surface area contributed by atoms with Gasteiger partial charge in [0.2, 0.25) is 5.75 Å². The van der Waals surface area contributed by atoms with E-state index in [1.165, 1.54) is 13.1 Å². The van der Waals surface area contributed by atoms with Crippen LogP contribution in [0.3, 0.4) is 0 Å². The molecule has 10 heavy (non-hydrogen) atoms. The highest BCUT2D eigenvalue weighted by molar-refractivity contribution is 5.68. The molecule has 1 aromatic heterocycles. The van der Waals surface area contributed by atoms with Crippen LogP contribution in [0.2, 0.25) is 0 Å². The van der Waals surface area contributed by atoms with Gasteiger partial charge in [0.1, 0.15) is 0 Å². The number of aromatic amines is 2. The number of hydrogen-bond donors (Lipinski definition) is 2. The molecule has 0 saturated carbocycles. The molecule has 0 radical (unpaired) electrons. The quantitative estimate of drug-likeness (QED) is 0.525. The SMILES string of the molecule is CC(=O)Oc1c[nH][nH]c1=O. The van der Waals surface area contributed by atoms with Gasteiger partial charge in [-0.05, 0) is 0 Å². The Labute approximate surface area is 56.0 Å². The van der Waals surface area contributed by atoms with E-state index < -0.39 is 11.5 Å². The third-order valence-electron chi connectivity index (χ3n) is 0.866. The summed E-state index contributed by atoms with van der Waals surface area (Å²) in [5.74, 6) is -0.516. The predicted molar refractivity (Wildman–Crippen MR) is 32.7 cm³/mol. The van der Waals surface area contributed by atoms with Crippen molar-refractivity contribution in [2.45, 2.75) is 6.92 Å². The van der Waals surface area contributed by atoms with Gasteiger partial charge in [-0.15, -0.1) is 0 Å². The first-order chi connectivity index (χ1) is 4.70. The van der Waals surface area contributed by atoms with E-state index in [-0.39, 0.29) is 5.75 Å². The molecule has 0 fully saturated rings. The molecule has 0 unspecified atom stereocenters. The lowest BCUT2D eigenvalue weighted by Gasteiger charge is -1.90. The van der Waals surface area contributed by atoms with Gasteiger partial charge in [-0.2, -0.15) is 0 Å². The van der Waals surface area contributed by atoms with Crippen LogP contribution < -0.4 is 10.3 Å². The Morgan fingerprint density at radius 2 is 2.40 bits per heavy atom. The van der Waals surface area contributed by atoms with Crippen LogP contribution >= 0.6 is 0 Å². The van der Waals surface area contributed by atoms with Crippen molar-refractivity contribution in [1.82, 2.24) is 10.2 Å². The number of carbonyl (C=O) groups is 1. The van der Waals surface area contributed by atoms with Gasteiger partial charge in [0, 0.05) is 6.92 Å². The van der Waals surface area contributed by atoms with Crippen LogP contribution in [0.4, 0.5) is 0 Å². The van der Waals surface area contributed by atoms with E-state index in [9.17, 15) is 9.59 Å². The van der Waals surface area contributed by atoms with Gasteiger partial charge in [0.15, 0.2) is 0 Å². The average molecular weight is 142 g/mol. The second-order valence-electron chi connectivity index (χ2n) is 1.70. The molecular weight excluding hydrogens is 136 g/mol. The first-order valence-electron chi connectivity index (χ1n) is 2.64. The summed E-state index contributed by atoms with van der Waals surface area (Å²) in [7, 11) is 0. The molecule has 1 aromatic rings. The van der Waals surface area contributed by atoms with Crippen LogP contribution in [0, 0.1) is 0 Å². The lowest BCUT2D eigenvalue weighted by atomic mass is 10.6. The van der Waals surface area contributed by atoms with Crippen molar-refractivity contribution < 1.29 is 9.53 Å². The monoisotopic (exact) mass is 142 g/mol. The van der Waals surface area contributed by atoms with Gasteiger partial charge in [0.25, 0.3) is 0 Å². The summed E-state index contributed by atoms with van der Waals surface area (Å²) in [6.45, 7) is 1.23. The van der Waals surface area contributed by atoms with E-state index in [0.29, 0.717) is 0 Å². The molecule has 1 rings (SSSR count). The number of nitrogens with one attached hydrogen (secondary N) is 2. The highest BCUT2D eigenvalue weighted by atomic mass is 16.5. The summed E-state index contributed by atoms with van der Waals surface area (Å²) in [6, 6.07) is 0. The molecule has 2 N–H and O–H groups in total. The zero-order valence-electron chi connectivity index (χ0n) is 5.30. The first-order valence-corrected chi connectivity index (χ1v) is 2.64. The van der Waals surface area contributed by atoms with E-state index in [1.54, 1.807) is 0 Å². The molecule has 5 heteroatoms. The Morgan fingerprint density at radius 1 is 1.70 bits per heavy atom. The Balaban J connectivity index is 2.85. The third-order valence-corrected chi connectivity index (χ3v) is 0.866. The second kappa shape index (κ2) is 2.38. The van der Waals surface area contributed by atoms with Crippen molar-refractivity contribution in [2.75, 3.05) is 0 Å². The van der Waals surface area contributed by atoms with Crippen LogP contribution in [0.1, 0.15) is 6.92 Å². The van der Waals surface area contributed by atoms with Crippen LogP contribution in [0.25, 0.3) is 0 Å². The van der Waals surface area contributed by atoms with Gasteiger partial charge < -0.3 is 9.84 Å². The number of ether oxygens (including phenoxy) is 1. The minimum Gasteiger partial charge on any atom is -0.419 e. The fourth-order valence-corrected chi connectivity index (χ4v) is 0.525. The molecule has 54 valence electrons. The molecule has 0 amide bonds. The maximum absolute atomic E-state index is 10.6. The number of H-pyrrole nitrogens is 2. The fraction of sp³-hybridized carbons (Fsp3) is 0.200. The molecule has 0 bridgehead atoms. The summed E-state index contributed by atoms with van der Waals surface area (Å²) in [5, 5.41) is 4.60. The van der Waals surface area contributed by atoms with E-state index in [0.717, 1.165) is 0 Å². The summed E-state index contributed by atoms with van der Waals surface area (Å²) in [4.78, 5) is 20.9. The molecule has 0 spiro atoms. The van der Waals surface area contributed by atoms with E-state index in [4.69, 9.17) is 0 Å². The van der Waals surface area contributed by atoms with Crippen molar-refractivity contribution >= 4 is 5.97 Å². The van der Waals surface area contributed by atoms with Crippen molar-refractivity contribution in [2.24, 2.45) is 0 Å². The second-order valence-corrected chi connectivity index (χ2v) is 1.70. The van der Waals surface area contributed by atoms with Crippen molar-refractivity contribution in [3.8, 4) is 5.75 Å². The smallest absolute Gasteiger partial charge is 0.308 e. The molecule has 0 aliphatic carbocycles. The standard InChI is InChI=1S/C5H6N2O3/c1-3(8)10-4-2-6-7-5(4)9/h2H,1H3,(H2,6,7,9). The number of carbonyl (C=O) groups excluding carboxylic acids is 1. The Bertz CT molecular complexity index is 285. The lowest BCUT2D eigenvalue weighted by Crippen LogP contribution is -2.09. The average Bonchev–Trinajstić information content (AvgIpc) is 2.15. The topological polar surface area (TPSA) is 75.0 Å². The molecule has 0 aliphatic heterocycles. The van der Waals surface area contributed by atoms with Gasteiger partial charge in [-0.1, -0.05) is 0 Å². The largest absolute Gasteiger partial charge is 0.419 e. The van der Waals surface area contributed by atoms with Crippen LogP contribution in [0.5, 0.6) is 5.75 Å². The van der Waals surface area contributed by atoms with E-state index >= 15 is 0 Å². The van der Waals surface area contributed by atoms with Crippen LogP contribution in [0.15, 0.2) is 11.0 Å². The molecule has 5 nitrogen and oxygen atoms in total. The lowest BCUT2D eigenvalue weighted by molar-refractivity contribution is -0.131. The fourth-order valence-electron chi connectivity index (χ4n) is 0.525. The van der Waals surface area contributed by atoms with Crippen LogP contribution in [-0.4, -0.2) is 16.2 Å². The van der Waals surface area contributed by atoms with Gasteiger partial charge in [0.05, 0.1) is 6.20 Å². The number of rotatable bonds is 1. The maximum Gasteiger partial charge on any atom is 0.308 e. The number of aromatic nitrogens is 2. The van der Waals surface area contributed by atoms with Crippen molar-refractivity contribution in [3.63, 3.8) is 0 Å². The zero-order chi connectivity index (χ0) is 7.56. The normalized spacial score (nSPS) is 9.30. The molecule has 1 heterocycles. The van der Waals surface area contributed by atoms with Crippen molar-refractivity contribution in [1.29, 1.82) is 0 Å². The predicted octanol–water partition coefficient (Wildman–Crippen LogP) is -0.372. The minimum atomic E-state index is -0.509. The van der Waals surface area contributed by atoms with Gasteiger partial charge >= 0.3 is 11.5 Å². The molecular formula is C5H6N2O3. The molecule has 0 saturated heterocycles. The Morgan fingerprint density at radius 3 is 2.80 bits per heavy atom. The number of esters is 1. The summed E-state index contributed by atoms with van der Waals surface area (Å²) >= 11 is 0. The zero-order valence-corrected chi connectivity index (χ0v) is 5.30. The van der Waals surface area contributed by atoms with Gasteiger partial charge in [-0.3, -0.25) is 14.7 Å². The Kier molecular flexibility index (Phi) is 1.57. The minimum absolute atomic E-state index is 0.00694. The highest BCUT2D eigenvalue weighted by Crippen LogP contribution is 1.96. The van der Waals surface area contributed by atoms with Crippen LogP contribution in [-0.2, 0) is 4.79 Å². The third kappa shape index (κ3) is 1.25. The Hall–Kier alpha value is -1.52. The van der Waals surface area contributed by atoms with E-state index in [2.05, 4.69) is 14.9 Å². The number of hydrogen-bond acceptors (Lipinski definition) is 3. The van der Waals surface area contributed by atoms with Gasteiger partial charge in [-0.25, -0.2) is 0 Å². The summed E-state index contributed by atoms with van der Waals surface area (Å²) < 4.78 is 4.47. The maximum atomic E-state index is 10.6. The highest BCUT2D eigenvalue weighted by Gasteiger charge is 2.02. The molecule has 0 atom stereocenters. The molecule has 0 aliphatic rings. The van der Waals surface area contributed by atoms with E-state index in [1.807, 2.05) is 0 Å². The summed E-state index contributed by atoms with van der Waals surface area (Å²) in [5.41, 5.74) is -0.435. The summed E-state index contributed by atoms with van der Waals surface area (Å²) in [6.07, 6.45) is 1.28. The van der Waals surface area contributed by atoms with Crippen molar-refractivity contribution in [3.05, 3.63) is 16.6 Å².